The SMILES string of the molecule is COC1CCN(CC(=O)NC2(C#N)CCCC2)C(CN)C1. The molecule has 3 N–H and O–H groups in total. The van der Waals surface area contributed by atoms with Crippen LogP contribution in [0.3, 0.4) is 0 Å². The topological polar surface area (TPSA) is 91.4 Å². The summed E-state index contributed by atoms with van der Waals surface area (Å²) < 4.78 is 5.39. The molecule has 1 amide bonds. The molecule has 0 aromatic rings. The van der Waals surface area contributed by atoms with Crippen LogP contribution in [0.25, 0.3) is 0 Å². The number of ether oxygens (including phenoxy) is 1. The number of nitrogens with one attached hydrogen (secondary N) is 1. The molecule has 118 valence electrons. The quantitative estimate of drug-likeness (QED) is 0.765. The van der Waals surface area contributed by atoms with Gasteiger partial charge in [0.2, 0.25) is 5.91 Å². The van der Waals surface area contributed by atoms with E-state index in [0.717, 1.165) is 45.1 Å². The van der Waals surface area contributed by atoms with E-state index in [1.54, 1.807) is 7.11 Å². The standard InChI is InChI=1S/C15H26N4O2/c1-21-13-4-7-19(12(8-13)9-16)10-14(20)18-15(11-17)5-2-3-6-15/h12-13H,2-10,16H2,1H3,(H,18,20). The average Bonchev–Trinajstić information content (AvgIpc) is 2.96. The lowest BCUT2D eigenvalue weighted by molar-refractivity contribution is -0.125. The molecule has 1 heterocycles. The second-order valence-corrected chi connectivity index (χ2v) is 6.19. The number of nitriles is 1. The van der Waals surface area contributed by atoms with Crippen LogP contribution >= 0.6 is 0 Å². The lowest BCUT2D eigenvalue weighted by Crippen LogP contribution is -2.54. The van der Waals surface area contributed by atoms with E-state index in [0.29, 0.717) is 13.1 Å². The zero-order chi connectivity index (χ0) is 15.3. The molecule has 0 aromatic carbocycles. The molecule has 2 rings (SSSR count). The Morgan fingerprint density at radius 3 is 2.81 bits per heavy atom. The highest BCUT2D eigenvalue weighted by Gasteiger charge is 2.36. The Morgan fingerprint density at radius 2 is 2.24 bits per heavy atom. The zero-order valence-electron chi connectivity index (χ0n) is 12.8. The van der Waals surface area contributed by atoms with Crippen LogP contribution in [0, 0.1) is 11.3 Å². The summed E-state index contributed by atoms with van der Waals surface area (Å²) in [5.41, 5.74) is 5.18. The predicted octanol–water partition coefficient (Wildman–Crippen LogP) is 0.377. The van der Waals surface area contributed by atoms with Gasteiger partial charge in [-0.3, -0.25) is 9.69 Å². The molecular formula is C15H26N4O2. The van der Waals surface area contributed by atoms with Gasteiger partial charge in [0.05, 0.1) is 18.7 Å². The maximum atomic E-state index is 12.3. The second-order valence-electron chi connectivity index (χ2n) is 6.19. The second kappa shape index (κ2) is 7.21. The van der Waals surface area contributed by atoms with Gasteiger partial charge in [-0.05, 0) is 38.5 Å². The number of nitrogens with two attached hydrogens (primary N) is 1. The lowest BCUT2D eigenvalue weighted by Gasteiger charge is -2.38. The number of nitrogens with zero attached hydrogens (tertiary/aromatic N) is 2. The minimum absolute atomic E-state index is 0.0623. The van der Waals surface area contributed by atoms with Crippen molar-refractivity contribution in [1.29, 1.82) is 5.26 Å². The van der Waals surface area contributed by atoms with Crippen LogP contribution in [0.15, 0.2) is 0 Å². The summed E-state index contributed by atoms with van der Waals surface area (Å²) in [6.07, 6.45) is 5.57. The van der Waals surface area contributed by atoms with Crippen LogP contribution < -0.4 is 11.1 Å². The van der Waals surface area contributed by atoms with E-state index in [1.807, 2.05) is 0 Å². The van der Waals surface area contributed by atoms with Gasteiger partial charge in [-0.25, -0.2) is 0 Å². The van der Waals surface area contributed by atoms with Crippen LogP contribution in [-0.2, 0) is 9.53 Å². The molecule has 2 unspecified atom stereocenters. The first-order valence-electron chi connectivity index (χ1n) is 7.81. The summed E-state index contributed by atoms with van der Waals surface area (Å²) in [5, 5.41) is 12.3. The minimum Gasteiger partial charge on any atom is -0.381 e. The summed E-state index contributed by atoms with van der Waals surface area (Å²) >= 11 is 0. The van der Waals surface area contributed by atoms with E-state index in [4.69, 9.17) is 10.5 Å². The Hall–Kier alpha value is -1.16. The Morgan fingerprint density at radius 1 is 1.52 bits per heavy atom. The number of piperidine rings is 1. The molecule has 0 radical (unpaired) electrons. The van der Waals surface area contributed by atoms with Crippen molar-refractivity contribution in [3.05, 3.63) is 0 Å². The summed E-state index contributed by atoms with van der Waals surface area (Å²) in [7, 11) is 1.72. The van der Waals surface area contributed by atoms with Crippen LogP contribution in [0.5, 0.6) is 0 Å². The fourth-order valence-corrected chi connectivity index (χ4v) is 3.46. The molecule has 1 saturated carbocycles. The molecule has 1 aliphatic carbocycles. The fourth-order valence-electron chi connectivity index (χ4n) is 3.46. The third-order valence-electron chi connectivity index (χ3n) is 4.79. The highest BCUT2D eigenvalue weighted by Crippen LogP contribution is 2.29. The Kier molecular flexibility index (Phi) is 5.57. The van der Waals surface area contributed by atoms with Crippen molar-refractivity contribution in [2.75, 3.05) is 26.7 Å². The molecule has 6 heteroatoms. The summed E-state index contributed by atoms with van der Waals surface area (Å²) in [6, 6.07) is 2.47. The summed E-state index contributed by atoms with van der Waals surface area (Å²) in [5.74, 6) is -0.0623. The Labute approximate surface area is 126 Å². The van der Waals surface area contributed by atoms with E-state index >= 15 is 0 Å². The number of methoxy groups -OCH3 is 1. The van der Waals surface area contributed by atoms with E-state index < -0.39 is 5.54 Å². The van der Waals surface area contributed by atoms with Crippen molar-refractivity contribution in [1.82, 2.24) is 10.2 Å². The minimum atomic E-state index is -0.639. The van der Waals surface area contributed by atoms with Crippen molar-refractivity contribution in [3.8, 4) is 6.07 Å². The molecule has 21 heavy (non-hydrogen) atoms. The lowest BCUT2D eigenvalue weighted by atomic mass is 9.98. The highest BCUT2D eigenvalue weighted by molar-refractivity contribution is 5.79. The summed E-state index contributed by atoms with van der Waals surface area (Å²) in [4.78, 5) is 14.4. The zero-order valence-corrected chi connectivity index (χ0v) is 12.8. The maximum Gasteiger partial charge on any atom is 0.235 e. The largest absolute Gasteiger partial charge is 0.381 e. The number of amides is 1. The monoisotopic (exact) mass is 294 g/mol. The van der Waals surface area contributed by atoms with E-state index in [1.165, 1.54) is 0 Å². The first-order chi connectivity index (χ1) is 10.1. The summed E-state index contributed by atoms with van der Waals surface area (Å²) in [6.45, 7) is 1.66. The molecule has 2 atom stereocenters. The van der Waals surface area contributed by atoms with Crippen molar-refractivity contribution >= 4 is 5.91 Å². The molecular weight excluding hydrogens is 268 g/mol. The van der Waals surface area contributed by atoms with Crippen molar-refractivity contribution in [3.63, 3.8) is 0 Å². The number of hydrogen-bond acceptors (Lipinski definition) is 5. The molecule has 1 aliphatic heterocycles. The Bertz CT molecular complexity index is 401. The van der Waals surface area contributed by atoms with Gasteiger partial charge in [0, 0.05) is 26.2 Å². The van der Waals surface area contributed by atoms with Crippen LogP contribution in [0.1, 0.15) is 38.5 Å². The maximum absolute atomic E-state index is 12.3. The molecule has 2 fully saturated rings. The first-order valence-corrected chi connectivity index (χ1v) is 7.81. The first kappa shape index (κ1) is 16.2. The third kappa shape index (κ3) is 3.94. The van der Waals surface area contributed by atoms with Gasteiger partial charge in [0.25, 0.3) is 0 Å². The molecule has 0 bridgehead atoms. The number of carbonyl (C=O) groups excluding carboxylic acids is 1. The number of hydrogen-bond donors (Lipinski definition) is 2. The van der Waals surface area contributed by atoms with Gasteiger partial charge >= 0.3 is 0 Å². The van der Waals surface area contributed by atoms with Gasteiger partial charge in [-0.15, -0.1) is 0 Å². The fraction of sp³-hybridized carbons (Fsp3) is 0.867. The van der Waals surface area contributed by atoms with Gasteiger partial charge in [0.1, 0.15) is 5.54 Å². The number of likely N-dealkylation sites (tertiary alicyclic amines) is 1. The average molecular weight is 294 g/mol. The van der Waals surface area contributed by atoms with Crippen molar-refractivity contribution < 1.29 is 9.53 Å². The normalized spacial score (nSPS) is 29.0. The van der Waals surface area contributed by atoms with Crippen molar-refractivity contribution in [2.45, 2.75) is 56.2 Å². The number of carbonyl (C=O) groups is 1. The molecule has 0 spiro atoms. The highest BCUT2D eigenvalue weighted by atomic mass is 16.5. The van der Waals surface area contributed by atoms with Crippen molar-refractivity contribution in [2.24, 2.45) is 5.73 Å². The van der Waals surface area contributed by atoms with Crippen LogP contribution in [0.4, 0.5) is 0 Å². The molecule has 2 aliphatic rings. The van der Waals surface area contributed by atoms with Gasteiger partial charge in [-0.2, -0.15) is 5.26 Å². The van der Waals surface area contributed by atoms with E-state index in [9.17, 15) is 10.1 Å². The Balaban J connectivity index is 1.88. The van der Waals surface area contributed by atoms with E-state index in [2.05, 4.69) is 16.3 Å². The van der Waals surface area contributed by atoms with Crippen LogP contribution in [-0.4, -0.2) is 55.2 Å². The number of rotatable bonds is 5. The molecule has 0 aromatic heterocycles. The molecule has 1 saturated heterocycles. The smallest absolute Gasteiger partial charge is 0.235 e. The third-order valence-corrected chi connectivity index (χ3v) is 4.79. The van der Waals surface area contributed by atoms with Gasteiger partial charge in [0.15, 0.2) is 0 Å². The predicted molar refractivity (Wildman–Crippen MR) is 79.4 cm³/mol. The molecule has 6 nitrogen and oxygen atoms in total. The van der Waals surface area contributed by atoms with Crippen LogP contribution in [0.2, 0.25) is 0 Å². The van der Waals surface area contributed by atoms with E-state index in [-0.39, 0.29) is 18.1 Å². The van der Waals surface area contributed by atoms with Gasteiger partial charge < -0.3 is 15.8 Å². The van der Waals surface area contributed by atoms with Gasteiger partial charge in [-0.1, -0.05) is 0 Å².